The van der Waals surface area contributed by atoms with Crippen molar-refractivity contribution in [3.63, 3.8) is 0 Å². The number of rotatable bonds is 6. The minimum atomic E-state index is -0.0694. The molecule has 2 aromatic rings. The molecule has 1 N–H and O–H groups in total. The number of nitrogens with one attached hydrogen (secondary N) is 1. The summed E-state index contributed by atoms with van der Waals surface area (Å²) in [7, 11) is 1.63. The van der Waals surface area contributed by atoms with Gasteiger partial charge in [-0.25, -0.2) is 0 Å². The van der Waals surface area contributed by atoms with Crippen molar-refractivity contribution in [3.8, 4) is 0 Å². The van der Waals surface area contributed by atoms with Crippen LogP contribution in [0.3, 0.4) is 0 Å². The molecule has 3 nitrogen and oxygen atoms in total. The molecule has 0 atom stereocenters. The normalized spacial score (nSPS) is 11.4. The van der Waals surface area contributed by atoms with Gasteiger partial charge in [0.2, 0.25) is 0 Å². The van der Waals surface area contributed by atoms with Gasteiger partial charge < -0.3 is 10.1 Å². The maximum Gasteiger partial charge on any atom is 0.251 e. The number of hydrogen-bond donors (Lipinski definition) is 1. The molecule has 0 saturated carbocycles. The molecule has 0 bridgehead atoms. The molecule has 2 rings (SSSR count). The SMILES string of the molecule is COCc1ccccc1C(=O)NCC(C)(C)c1cccs1. The van der Waals surface area contributed by atoms with Gasteiger partial charge >= 0.3 is 0 Å². The standard InChI is InChI=1S/C17H21NO2S/c1-17(2,15-9-6-10-21-15)12-18-16(19)14-8-5-4-7-13(14)11-20-3/h4-10H,11-12H2,1-3H3,(H,18,19). The van der Waals surface area contributed by atoms with E-state index in [2.05, 4.69) is 30.6 Å². The summed E-state index contributed by atoms with van der Waals surface area (Å²) in [5.41, 5.74) is 1.52. The fraction of sp³-hybridized carbons (Fsp3) is 0.353. The van der Waals surface area contributed by atoms with Crippen molar-refractivity contribution in [1.82, 2.24) is 5.32 Å². The van der Waals surface area contributed by atoms with Gasteiger partial charge in [0.05, 0.1) is 6.61 Å². The van der Waals surface area contributed by atoms with Crippen LogP contribution in [0.15, 0.2) is 41.8 Å². The lowest BCUT2D eigenvalue weighted by Crippen LogP contribution is -2.36. The molecule has 1 heterocycles. The smallest absolute Gasteiger partial charge is 0.251 e. The van der Waals surface area contributed by atoms with Crippen molar-refractivity contribution in [2.24, 2.45) is 0 Å². The van der Waals surface area contributed by atoms with E-state index in [1.54, 1.807) is 18.4 Å². The van der Waals surface area contributed by atoms with E-state index in [1.165, 1.54) is 4.88 Å². The molecule has 4 heteroatoms. The van der Waals surface area contributed by atoms with Crippen molar-refractivity contribution in [3.05, 3.63) is 57.8 Å². The van der Waals surface area contributed by atoms with Crippen molar-refractivity contribution >= 4 is 17.2 Å². The fourth-order valence-corrected chi connectivity index (χ4v) is 3.02. The van der Waals surface area contributed by atoms with Gasteiger partial charge in [0.25, 0.3) is 5.91 Å². The van der Waals surface area contributed by atoms with E-state index in [-0.39, 0.29) is 11.3 Å². The summed E-state index contributed by atoms with van der Waals surface area (Å²) in [5.74, 6) is -0.0488. The average molecular weight is 303 g/mol. The van der Waals surface area contributed by atoms with Crippen molar-refractivity contribution in [2.45, 2.75) is 25.9 Å². The number of carbonyl (C=O) groups is 1. The first-order chi connectivity index (χ1) is 10.0. The molecular weight excluding hydrogens is 282 g/mol. The second-order valence-electron chi connectivity index (χ2n) is 5.63. The minimum absolute atomic E-state index is 0.0488. The summed E-state index contributed by atoms with van der Waals surface area (Å²) in [6.45, 7) is 5.33. The highest BCUT2D eigenvalue weighted by Gasteiger charge is 2.23. The topological polar surface area (TPSA) is 38.3 Å². The minimum Gasteiger partial charge on any atom is -0.380 e. The van der Waals surface area contributed by atoms with Crippen LogP contribution in [0, 0.1) is 0 Å². The van der Waals surface area contributed by atoms with Crippen LogP contribution in [-0.4, -0.2) is 19.6 Å². The number of ether oxygens (including phenoxy) is 1. The molecule has 112 valence electrons. The highest BCUT2D eigenvalue weighted by atomic mass is 32.1. The molecule has 0 aliphatic carbocycles. The van der Waals surface area contributed by atoms with Gasteiger partial charge in [0.1, 0.15) is 0 Å². The zero-order chi connectivity index (χ0) is 15.3. The van der Waals surface area contributed by atoms with Crippen molar-refractivity contribution in [1.29, 1.82) is 0 Å². The predicted molar refractivity (Wildman–Crippen MR) is 86.8 cm³/mol. The number of hydrogen-bond acceptors (Lipinski definition) is 3. The largest absolute Gasteiger partial charge is 0.380 e. The van der Waals surface area contributed by atoms with Gasteiger partial charge in [-0.15, -0.1) is 11.3 Å². The zero-order valence-electron chi connectivity index (χ0n) is 12.7. The summed E-state index contributed by atoms with van der Waals surface area (Å²) in [4.78, 5) is 13.7. The van der Waals surface area contributed by atoms with E-state index in [0.717, 1.165) is 5.56 Å². The lowest BCUT2D eigenvalue weighted by Gasteiger charge is -2.24. The third-order valence-electron chi connectivity index (χ3n) is 3.44. The lowest BCUT2D eigenvalue weighted by atomic mass is 9.91. The molecule has 1 amide bonds. The molecule has 0 fully saturated rings. The Balaban J connectivity index is 2.05. The van der Waals surface area contributed by atoms with Gasteiger partial charge in [-0.2, -0.15) is 0 Å². The molecule has 0 aliphatic heterocycles. The van der Waals surface area contributed by atoms with Crippen LogP contribution in [0.25, 0.3) is 0 Å². The van der Waals surface area contributed by atoms with E-state index >= 15 is 0 Å². The van der Waals surface area contributed by atoms with Gasteiger partial charge in [-0.05, 0) is 23.1 Å². The highest BCUT2D eigenvalue weighted by molar-refractivity contribution is 7.10. The molecule has 0 spiro atoms. The monoisotopic (exact) mass is 303 g/mol. The maximum absolute atomic E-state index is 12.4. The van der Waals surface area contributed by atoms with Gasteiger partial charge in [-0.1, -0.05) is 38.1 Å². The molecule has 0 saturated heterocycles. The fourth-order valence-electron chi connectivity index (χ4n) is 2.17. The quantitative estimate of drug-likeness (QED) is 0.885. The van der Waals surface area contributed by atoms with Crippen LogP contribution in [0.2, 0.25) is 0 Å². The zero-order valence-corrected chi connectivity index (χ0v) is 13.5. The van der Waals surface area contributed by atoms with Crippen LogP contribution in [0.4, 0.5) is 0 Å². The number of thiophene rings is 1. The predicted octanol–water partition coefficient (Wildman–Crippen LogP) is 3.60. The van der Waals surface area contributed by atoms with Crippen molar-refractivity contribution < 1.29 is 9.53 Å². The Hall–Kier alpha value is -1.65. The number of methoxy groups -OCH3 is 1. The third-order valence-corrected chi connectivity index (χ3v) is 4.68. The first kappa shape index (κ1) is 15.7. The van der Waals surface area contributed by atoms with Crippen LogP contribution >= 0.6 is 11.3 Å². The molecule has 21 heavy (non-hydrogen) atoms. The van der Waals surface area contributed by atoms with E-state index < -0.39 is 0 Å². The molecule has 1 aromatic carbocycles. The Kier molecular flexibility index (Phi) is 5.15. The highest BCUT2D eigenvalue weighted by Crippen LogP contribution is 2.26. The van der Waals surface area contributed by atoms with Gasteiger partial charge in [0, 0.05) is 29.5 Å². The second-order valence-corrected chi connectivity index (χ2v) is 6.58. The van der Waals surface area contributed by atoms with Crippen LogP contribution in [0.1, 0.15) is 34.6 Å². The maximum atomic E-state index is 12.4. The van der Waals surface area contributed by atoms with Crippen LogP contribution < -0.4 is 5.32 Å². The van der Waals surface area contributed by atoms with Gasteiger partial charge in [0.15, 0.2) is 0 Å². The molecular formula is C17H21NO2S. The molecule has 0 aliphatic rings. The molecule has 0 radical (unpaired) electrons. The van der Waals surface area contributed by atoms with Crippen LogP contribution in [-0.2, 0) is 16.8 Å². The second kappa shape index (κ2) is 6.87. The van der Waals surface area contributed by atoms with Crippen molar-refractivity contribution in [2.75, 3.05) is 13.7 Å². The van der Waals surface area contributed by atoms with E-state index in [4.69, 9.17) is 4.74 Å². The Labute approximate surface area is 130 Å². The Morgan fingerprint density at radius 3 is 2.67 bits per heavy atom. The third kappa shape index (κ3) is 3.93. The number of carbonyl (C=O) groups excluding carboxylic acids is 1. The summed E-state index contributed by atoms with van der Waals surface area (Å²) >= 11 is 1.72. The summed E-state index contributed by atoms with van der Waals surface area (Å²) in [6, 6.07) is 11.7. The summed E-state index contributed by atoms with van der Waals surface area (Å²) in [6.07, 6.45) is 0. The number of amides is 1. The molecule has 1 aromatic heterocycles. The van der Waals surface area contributed by atoms with Gasteiger partial charge in [-0.3, -0.25) is 4.79 Å². The molecule has 0 unspecified atom stereocenters. The number of benzene rings is 1. The Morgan fingerprint density at radius 1 is 1.24 bits per heavy atom. The lowest BCUT2D eigenvalue weighted by molar-refractivity contribution is 0.0941. The first-order valence-electron chi connectivity index (χ1n) is 6.93. The van der Waals surface area contributed by atoms with E-state index in [1.807, 2.05) is 30.3 Å². The van der Waals surface area contributed by atoms with E-state index in [0.29, 0.717) is 18.7 Å². The summed E-state index contributed by atoms with van der Waals surface area (Å²) < 4.78 is 5.14. The van der Waals surface area contributed by atoms with E-state index in [9.17, 15) is 4.79 Å². The first-order valence-corrected chi connectivity index (χ1v) is 7.81. The summed E-state index contributed by atoms with van der Waals surface area (Å²) in [5, 5.41) is 5.10. The Morgan fingerprint density at radius 2 is 2.00 bits per heavy atom. The average Bonchev–Trinajstić information content (AvgIpc) is 3.01. The Bertz CT molecular complexity index is 591. The van der Waals surface area contributed by atoms with Crippen LogP contribution in [0.5, 0.6) is 0 Å².